The highest BCUT2D eigenvalue weighted by Crippen LogP contribution is 2.26. The van der Waals surface area contributed by atoms with Crippen molar-refractivity contribution >= 4 is 27.2 Å². The third kappa shape index (κ3) is 2.98. The molecule has 3 rings (SSSR count). The van der Waals surface area contributed by atoms with Crippen molar-refractivity contribution in [1.82, 2.24) is 0 Å². The summed E-state index contributed by atoms with van der Waals surface area (Å²) in [5.74, 6) is 0.941. The SMILES string of the molecule is CCOc1ccc(C(=O)Cc2csc3ccccc23)cc1. The maximum Gasteiger partial charge on any atom is 0.167 e. The normalized spacial score (nSPS) is 10.7. The molecule has 0 unspecified atom stereocenters. The highest BCUT2D eigenvalue weighted by molar-refractivity contribution is 7.17. The van der Waals surface area contributed by atoms with Gasteiger partial charge in [-0.2, -0.15) is 0 Å². The fraction of sp³-hybridized carbons (Fsp3) is 0.167. The first-order valence-electron chi connectivity index (χ1n) is 6.99. The number of fused-ring (bicyclic) bond motifs is 1. The molecular formula is C18H16O2S. The van der Waals surface area contributed by atoms with Crippen molar-refractivity contribution in [2.24, 2.45) is 0 Å². The van der Waals surface area contributed by atoms with E-state index in [0.29, 0.717) is 13.0 Å². The molecule has 0 saturated carbocycles. The lowest BCUT2D eigenvalue weighted by Gasteiger charge is -2.04. The first-order chi connectivity index (χ1) is 10.3. The minimum atomic E-state index is 0.140. The summed E-state index contributed by atoms with van der Waals surface area (Å²) in [6.07, 6.45) is 0.442. The summed E-state index contributed by atoms with van der Waals surface area (Å²) in [6.45, 7) is 2.58. The Hall–Kier alpha value is -2.13. The topological polar surface area (TPSA) is 26.3 Å². The van der Waals surface area contributed by atoms with Gasteiger partial charge in [-0.3, -0.25) is 4.79 Å². The average Bonchev–Trinajstić information content (AvgIpc) is 2.92. The van der Waals surface area contributed by atoms with Gasteiger partial charge >= 0.3 is 0 Å². The van der Waals surface area contributed by atoms with Crippen molar-refractivity contribution in [3.63, 3.8) is 0 Å². The second kappa shape index (κ2) is 6.10. The number of Topliss-reactive ketones (excluding diaryl/α,β-unsaturated/α-hetero) is 1. The molecule has 0 amide bonds. The van der Waals surface area contributed by atoms with Crippen molar-refractivity contribution in [3.8, 4) is 5.75 Å². The molecule has 0 N–H and O–H groups in total. The molecule has 1 aromatic heterocycles. The molecule has 0 bridgehead atoms. The minimum absolute atomic E-state index is 0.140. The van der Waals surface area contributed by atoms with Crippen molar-refractivity contribution in [1.29, 1.82) is 0 Å². The number of carbonyl (C=O) groups is 1. The number of ketones is 1. The Morgan fingerprint density at radius 3 is 2.62 bits per heavy atom. The van der Waals surface area contributed by atoms with Crippen LogP contribution in [-0.2, 0) is 6.42 Å². The quantitative estimate of drug-likeness (QED) is 0.636. The van der Waals surface area contributed by atoms with Gasteiger partial charge < -0.3 is 4.74 Å². The van der Waals surface area contributed by atoms with Crippen LogP contribution in [0.1, 0.15) is 22.8 Å². The van der Waals surface area contributed by atoms with Crippen LogP contribution in [0.2, 0.25) is 0 Å². The maximum absolute atomic E-state index is 12.4. The minimum Gasteiger partial charge on any atom is -0.494 e. The molecule has 1 heterocycles. The number of rotatable bonds is 5. The van der Waals surface area contributed by atoms with Gasteiger partial charge in [-0.25, -0.2) is 0 Å². The second-order valence-electron chi connectivity index (χ2n) is 4.81. The van der Waals surface area contributed by atoms with Gasteiger partial charge in [-0.05, 0) is 53.6 Å². The first-order valence-corrected chi connectivity index (χ1v) is 7.87. The van der Waals surface area contributed by atoms with E-state index in [-0.39, 0.29) is 5.78 Å². The van der Waals surface area contributed by atoms with Crippen LogP contribution >= 0.6 is 11.3 Å². The van der Waals surface area contributed by atoms with Crippen LogP contribution in [0.4, 0.5) is 0 Å². The van der Waals surface area contributed by atoms with Gasteiger partial charge in [0.05, 0.1) is 6.61 Å². The maximum atomic E-state index is 12.4. The monoisotopic (exact) mass is 296 g/mol. The van der Waals surface area contributed by atoms with Crippen LogP contribution in [0.15, 0.2) is 53.9 Å². The zero-order chi connectivity index (χ0) is 14.7. The van der Waals surface area contributed by atoms with Gasteiger partial charge in [0, 0.05) is 16.7 Å². The van der Waals surface area contributed by atoms with E-state index < -0.39 is 0 Å². The summed E-state index contributed by atoms with van der Waals surface area (Å²) in [4.78, 5) is 12.4. The average molecular weight is 296 g/mol. The van der Waals surface area contributed by atoms with E-state index in [9.17, 15) is 4.79 Å². The van der Waals surface area contributed by atoms with E-state index >= 15 is 0 Å². The lowest BCUT2D eigenvalue weighted by Crippen LogP contribution is -2.03. The molecule has 0 fully saturated rings. The van der Waals surface area contributed by atoms with Crippen LogP contribution in [0.25, 0.3) is 10.1 Å². The highest BCUT2D eigenvalue weighted by Gasteiger charge is 2.11. The lowest BCUT2D eigenvalue weighted by atomic mass is 10.0. The summed E-state index contributed by atoms with van der Waals surface area (Å²) in [6, 6.07) is 15.6. The molecule has 0 spiro atoms. The summed E-state index contributed by atoms with van der Waals surface area (Å²) in [5, 5.41) is 3.26. The summed E-state index contributed by atoms with van der Waals surface area (Å²) in [5.41, 5.74) is 1.84. The van der Waals surface area contributed by atoms with E-state index in [1.807, 2.05) is 43.3 Å². The van der Waals surface area contributed by atoms with E-state index in [2.05, 4.69) is 17.5 Å². The third-order valence-electron chi connectivity index (χ3n) is 3.40. The molecule has 0 saturated heterocycles. The van der Waals surface area contributed by atoms with Crippen LogP contribution in [-0.4, -0.2) is 12.4 Å². The number of carbonyl (C=O) groups excluding carboxylic acids is 1. The molecule has 21 heavy (non-hydrogen) atoms. The van der Waals surface area contributed by atoms with Gasteiger partial charge in [0.25, 0.3) is 0 Å². The Balaban J connectivity index is 1.79. The van der Waals surface area contributed by atoms with Gasteiger partial charge in [0.2, 0.25) is 0 Å². The fourth-order valence-corrected chi connectivity index (χ4v) is 3.31. The summed E-state index contributed by atoms with van der Waals surface area (Å²) >= 11 is 1.69. The van der Waals surface area contributed by atoms with E-state index in [0.717, 1.165) is 16.9 Å². The number of hydrogen-bond donors (Lipinski definition) is 0. The third-order valence-corrected chi connectivity index (χ3v) is 4.41. The van der Waals surface area contributed by atoms with Crippen molar-refractivity contribution in [2.45, 2.75) is 13.3 Å². The molecule has 0 aliphatic heterocycles. The van der Waals surface area contributed by atoms with Crippen LogP contribution in [0.3, 0.4) is 0 Å². The molecule has 3 aromatic rings. The Bertz CT molecular complexity index is 756. The number of thiophene rings is 1. The summed E-state index contributed by atoms with van der Waals surface area (Å²) < 4.78 is 6.62. The molecule has 0 aliphatic rings. The van der Waals surface area contributed by atoms with E-state index in [1.165, 1.54) is 10.1 Å². The van der Waals surface area contributed by atoms with Crippen molar-refractivity contribution < 1.29 is 9.53 Å². The lowest BCUT2D eigenvalue weighted by molar-refractivity contribution is 0.0993. The van der Waals surface area contributed by atoms with Crippen LogP contribution < -0.4 is 4.74 Å². The van der Waals surface area contributed by atoms with Gasteiger partial charge in [-0.15, -0.1) is 11.3 Å². The number of benzene rings is 2. The number of ether oxygens (including phenoxy) is 1. The molecule has 0 atom stereocenters. The predicted octanol–water partition coefficient (Wildman–Crippen LogP) is 4.73. The van der Waals surface area contributed by atoms with Crippen LogP contribution in [0, 0.1) is 0 Å². The smallest absolute Gasteiger partial charge is 0.167 e. The number of hydrogen-bond acceptors (Lipinski definition) is 3. The Kier molecular flexibility index (Phi) is 4.02. The standard InChI is InChI=1S/C18H16O2S/c1-2-20-15-9-7-13(8-10-15)17(19)11-14-12-21-18-6-4-3-5-16(14)18/h3-10,12H,2,11H2,1H3. The van der Waals surface area contributed by atoms with Crippen LogP contribution in [0.5, 0.6) is 5.75 Å². The van der Waals surface area contributed by atoms with Gasteiger partial charge in [0.15, 0.2) is 5.78 Å². The Morgan fingerprint density at radius 2 is 1.86 bits per heavy atom. The zero-order valence-electron chi connectivity index (χ0n) is 11.8. The Labute approximate surface area is 128 Å². The highest BCUT2D eigenvalue weighted by atomic mass is 32.1. The van der Waals surface area contributed by atoms with E-state index in [1.54, 1.807) is 11.3 Å². The molecule has 2 aromatic carbocycles. The largest absolute Gasteiger partial charge is 0.494 e. The predicted molar refractivity (Wildman–Crippen MR) is 87.5 cm³/mol. The molecule has 0 radical (unpaired) electrons. The zero-order valence-corrected chi connectivity index (χ0v) is 12.7. The second-order valence-corrected chi connectivity index (χ2v) is 5.73. The molecule has 106 valence electrons. The van der Waals surface area contributed by atoms with Crippen molar-refractivity contribution in [3.05, 3.63) is 65.0 Å². The molecule has 2 nitrogen and oxygen atoms in total. The van der Waals surface area contributed by atoms with Gasteiger partial charge in [0.1, 0.15) is 5.75 Å². The fourth-order valence-electron chi connectivity index (χ4n) is 2.35. The van der Waals surface area contributed by atoms with Gasteiger partial charge in [-0.1, -0.05) is 18.2 Å². The first kappa shape index (κ1) is 13.8. The molecular weight excluding hydrogens is 280 g/mol. The molecule has 3 heteroatoms. The van der Waals surface area contributed by atoms with Crippen molar-refractivity contribution in [2.75, 3.05) is 6.61 Å². The van der Waals surface area contributed by atoms with E-state index in [4.69, 9.17) is 4.74 Å². The molecule has 0 aliphatic carbocycles. The Morgan fingerprint density at radius 1 is 1.10 bits per heavy atom. The summed E-state index contributed by atoms with van der Waals surface area (Å²) in [7, 11) is 0.